The van der Waals surface area contributed by atoms with Crippen molar-refractivity contribution in [3.8, 4) is 0 Å². The monoisotopic (exact) mass is 264 g/mol. The van der Waals surface area contributed by atoms with Crippen molar-refractivity contribution >= 4 is 23.4 Å². The van der Waals surface area contributed by atoms with Gasteiger partial charge in [-0.2, -0.15) is 0 Å². The molecule has 4 heteroatoms. The Balaban J connectivity index is 1.93. The van der Waals surface area contributed by atoms with E-state index in [1.807, 2.05) is 30.5 Å². The zero-order chi connectivity index (χ0) is 13.0. The number of carbonyl (C=O) groups excluding carboxylic acids is 1. The predicted octanol–water partition coefficient (Wildman–Crippen LogP) is 2.74. The molecule has 0 spiro atoms. The van der Waals surface area contributed by atoms with Gasteiger partial charge in [-0.15, -0.1) is 11.8 Å². The van der Waals surface area contributed by atoms with E-state index in [-0.39, 0.29) is 11.8 Å². The minimum absolute atomic E-state index is 0.140. The number of rotatable bonds is 3. The molecule has 3 nitrogen and oxygen atoms in total. The molecule has 1 aromatic carbocycles. The lowest BCUT2D eigenvalue weighted by Crippen LogP contribution is -2.40. The van der Waals surface area contributed by atoms with Crippen molar-refractivity contribution in [1.82, 2.24) is 5.32 Å². The van der Waals surface area contributed by atoms with Gasteiger partial charge in [0.05, 0.1) is 0 Å². The molecule has 1 heterocycles. The smallest absolute Gasteiger partial charge is 0.227 e. The van der Waals surface area contributed by atoms with Crippen LogP contribution in [0, 0.1) is 5.92 Å². The van der Waals surface area contributed by atoms with Gasteiger partial charge < -0.3 is 10.6 Å². The summed E-state index contributed by atoms with van der Waals surface area (Å²) in [4.78, 5) is 13.3. The molecule has 1 amide bonds. The van der Waals surface area contributed by atoms with Crippen LogP contribution in [0.1, 0.15) is 19.8 Å². The van der Waals surface area contributed by atoms with E-state index >= 15 is 0 Å². The van der Waals surface area contributed by atoms with Gasteiger partial charge in [-0.3, -0.25) is 4.79 Å². The largest absolute Gasteiger partial charge is 0.326 e. The zero-order valence-electron chi connectivity index (χ0n) is 10.9. The summed E-state index contributed by atoms with van der Waals surface area (Å²) < 4.78 is 0. The van der Waals surface area contributed by atoms with Gasteiger partial charge in [0.25, 0.3) is 0 Å². The number of piperidine rings is 1. The van der Waals surface area contributed by atoms with Gasteiger partial charge in [0, 0.05) is 22.5 Å². The topological polar surface area (TPSA) is 41.1 Å². The summed E-state index contributed by atoms with van der Waals surface area (Å²) in [5.74, 6) is 0.293. The Hall–Kier alpha value is -1.00. The highest BCUT2D eigenvalue weighted by Crippen LogP contribution is 2.21. The van der Waals surface area contributed by atoms with Gasteiger partial charge in [0.2, 0.25) is 5.91 Å². The van der Waals surface area contributed by atoms with Crippen LogP contribution in [0.25, 0.3) is 0 Å². The van der Waals surface area contributed by atoms with E-state index in [1.165, 1.54) is 4.90 Å². The Bertz CT molecular complexity index is 405. The average molecular weight is 264 g/mol. The van der Waals surface area contributed by atoms with Crippen LogP contribution in [-0.2, 0) is 4.79 Å². The second-order valence-electron chi connectivity index (χ2n) is 4.79. The van der Waals surface area contributed by atoms with E-state index in [1.54, 1.807) is 11.8 Å². The third kappa shape index (κ3) is 3.50. The Morgan fingerprint density at radius 2 is 2.11 bits per heavy atom. The van der Waals surface area contributed by atoms with E-state index in [0.29, 0.717) is 6.04 Å². The number of amides is 1. The van der Waals surface area contributed by atoms with Crippen LogP contribution in [0.3, 0.4) is 0 Å². The van der Waals surface area contributed by atoms with Gasteiger partial charge in [-0.1, -0.05) is 0 Å². The lowest BCUT2D eigenvalue weighted by atomic mass is 9.92. The molecular weight excluding hydrogens is 244 g/mol. The molecule has 2 rings (SSSR count). The van der Waals surface area contributed by atoms with Gasteiger partial charge >= 0.3 is 0 Å². The summed E-state index contributed by atoms with van der Waals surface area (Å²) in [6, 6.07) is 8.44. The SMILES string of the molecule is CSc1ccc(NC(=O)[C@H]2CCN[C@@H](C)C2)cc1. The van der Waals surface area contributed by atoms with Crippen LogP contribution in [-0.4, -0.2) is 24.7 Å². The second-order valence-corrected chi connectivity index (χ2v) is 5.67. The number of hydrogen-bond acceptors (Lipinski definition) is 3. The van der Waals surface area contributed by atoms with Gasteiger partial charge in [-0.25, -0.2) is 0 Å². The molecule has 0 bridgehead atoms. The van der Waals surface area contributed by atoms with E-state index in [0.717, 1.165) is 25.1 Å². The van der Waals surface area contributed by atoms with Gasteiger partial charge in [0.15, 0.2) is 0 Å². The van der Waals surface area contributed by atoms with Crippen molar-refractivity contribution in [3.05, 3.63) is 24.3 Å². The standard InChI is InChI=1S/C14H20N2OS/c1-10-9-11(7-8-15-10)14(17)16-12-3-5-13(18-2)6-4-12/h3-6,10-11,15H,7-9H2,1-2H3,(H,16,17)/t10-,11-/m0/s1. The van der Waals surface area contributed by atoms with E-state index in [4.69, 9.17) is 0 Å². The molecule has 1 aromatic rings. The zero-order valence-corrected chi connectivity index (χ0v) is 11.7. The first-order valence-electron chi connectivity index (χ1n) is 6.37. The lowest BCUT2D eigenvalue weighted by molar-refractivity contribution is -0.120. The molecular formula is C14H20N2OS. The minimum Gasteiger partial charge on any atom is -0.326 e. The van der Waals surface area contributed by atoms with Crippen LogP contribution in [0.4, 0.5) is 5.69 Å². The highest BCUT2D eigenvalue weighted by atomic mass is 32.2. The van der Waals surface area contributed by atoms with E-state index in [2.05, 4.69) is 17.6 Å². The van der Waals surface area contributed by atoms with Crippen LogP contribution < -0.4 is 10.6 Å². The molecule has 1 saturated heterocycles. The fraction of sp³-hybridized carbons (Fsp3) is 0.500. The summed E-state index contributed by atoms with van der Waals surface area (Å²) in [5, 5.41) is 6.37. The van der Waals surface area contributed by atoms with Crippen molar-refractivity contribution in [2.24, 2.45) is 5.92 Å². The maximum absolute atomic E-state index is 12.1. The Kier molecular flexibility index (Phi) is 4.66. The van der Waals surface area contributed by atoms with Crippen molar-refractivity contribution in [3.63, 3.8) is 0 Å². The maximum Gasteiger partial charge on any atom is 0.227 e. The van der Waals surface area contributed by atoms with Gasteiger partial charge in [-0.05, 0) is 56.8 Å². The number of anilines is 1. The number of thioether (sulfide) groups is 1. The predicted molar refractivity (Wildman–Crippen MR) is 77.0 cm³/mol. The number of benzene rings is 1. The van der Waals surface area contributed by atoms with Crippen LogP contribution in [0.15, 0.2) is 29.2 Å². The molecule has 2 atom stereocenters. The lowest BCUT2D eigenvalue weighted by Gasteiger charge is -2.27. The molecule has 18 heavy (non-hydrogen) atoms. The first-order valence-corrected chi connectivity index (χ1v) is 7.60. The molecule has 1 aliphatic heterocycles. The summed E-state index contributed by atoms with van der Waals surface area (Å²) in [6.45, 7) is 3.07. The number of carbonyl (C=O) groups is 1. The number of nitrogens with one attached hydrogen (secondary N) is 2. The van der Waals surface area contributed by atoms with Crippen molar-refractivity contribution in [2.75, 3.05) is 18.1 Å². The minimum atomic E-state index is 0.140. The number of hydrogen-bond donors (Lipinski definition) is 2. The molecule has 1 aliphatic rings. The van der Waals surface area contributed by atoms with Crippen molar-refractivity contribution in [2.45, 2.75) is 30.7 Å². The molecule has 0 aromatic heterocycles. The van der Waals surface area contributed by atoms with Crippen molar-refractivity contribution < 1.29 is 4.79 Å². The molecule has 0 radical (unpaired) electrons. The average Bonchev–Trinajstić information content (AvgIpc) is 2.39. The molecule has 0 aliphatic carbocycles. The Morgan fingerprint density at radius 1 is 1.39 bits per heavy atom. The van der Waals surface area contributed by atoms with E-state index in [9.17, 15) is 4.79 Å². The molecule has 0 unspecified atom stereocenters. The van der Waals surface area contributed by atoms with Gasteiger partial charge in [0.1, 0.15) is 0 Å². The highest BCUT2D eigenvalue weighted by Gasteiger charge is 2.24. The molecule has 98 valence electrons. The fourth-order valence-corrected chi connectivity index (χ4v) is 2.70. The Morgan fingerprint density at radius 3 is 2.72 bits per heavy atom. The first-order chi connectivity index (χ1) is 8.69. The summed E-state index contributed by atoms with van der Waals surface area (Å²) >= 11 is 1.70. The summed E-state index contributed by atoms with van der Waals surface area (Å²) in [5.41, 5.74) is 0.893. The van der Waals surface area contributed by atoms with Crippen LogP contribution in [0.2, 0.25) is 0 Å². The molecule has 1 fully saturated rings. The highest BCUT2D eigenvalue weighted by molar-refractivity contribution is 7.98. The van der Waals surface area contributed by atoms with Crippen LogP contribution in [0.5, 0.6) is 0 Å². The fourth-order valence-electron chi connectivity index (χ4n) is 2.29. The first kappa shape index (κ1) is 13.4. The summed E-state index contributed by atoms with van der Waals surface area (Å²) in [7, 11) is 0. The molecule has 2 N–H and O–H groups in total. The third-order valence-electron chi connectivity index (χ3n) is 3.35. The van der Waals surface area contributed by atoms with Crippen LogP contribution >= 0.6 is 11.8 Å². The normalized spacial score (nSPS) is 23.7. The third-order valence-corrected chi connectivity index (χ3v) is 4.10. The maximum atomic E-state index is 12.1. The quantitative estimate of drug-likeness (QED) is 0.825. The second kappa shape index (κ2) is 6.25. The summed E-state index contributed by atoms with van der Waals surface area (Å²) in [6.07, 6.45) is 3.90. The Labute approximate surface area is 113 Å². The molecule has 0 saturated carbocycles. The van der Waals surface area contributed by atoms with E-state index < -0.39 is 0 Å². The van der Waals surface area contributed by atoms with Crippen molar-refractivity contribution in [1.29, 1.82) is 0 Å².